The molecule has 1 aliphatic rings. The summed E-state index contributed by atoms with van der Waals surface area (Å²) in [4.78, 5) is 31.4. The van der Waals surface area contributed by atoms with Crippen LogP contribution in [-0.4, -0.2) is 21.5 Å². The van der Waals surface area contributed by atoms with Crippen LogP contribution in [-0.2, 0) is 4.79 Å². The highest BCUT2D eigenvalue weighted by Gasteiger charge is 2.23. The van der Waals surface area contributed by atoms with Gasteiger partial charge >= 0.3 is 0 Å². The van der Waals surface area contributed by atoms with Crippen molar-refractivity contribution in [3.63, 3.8) is 0 Å². The van der Waals surface area contributed by atoms with Crippen molar-refractivity contribution < 1.29 is 9.59 Å². The first-order valence-corrected chi connectivity index (χ1v) is 6.50. The molecule has 17 heavy (non-hydrogen) atoms. The molecule has 0 radical (unpaired) electrons. The van der Waals surface area contributed by atoms with Crippen LogP contribution < -0.4 is 0 Å². The van der Waals surface area contributed by atoms with Crippen LogP contribution in [0.15, 0.2) is 39.2 Å². The van der Waals surface area contributed by atoms with Gasteiger partial charge in [-0.15, -0.1) is 0 Å². The summed E-state index contributed by atoms with van der Waals surface area (Å²) in [7, 11) is 0. The van der Waals surface area contributed by atoms with Crippen LogP contribution in [0.5, 0.6) is 0 Å². The Labute approximate surface area is 107 Å². The molecule has 1 aliphatic heterocycles. The van der Waals surface area contributed by atoms with Crippen molar-refractivity contribution in [2.75, 3.05) is 0 Å². The summed E-state index contributed by atoms with van der Waals surface area (Å²) in [6.45, 7) is 1.38. The summed E-state index contributed by atoms with van der Waals surface area (Å²) in [6, 6.07) is 0. The van der Waals surface area contributed by atoms with Crippen LogP contribution >= 0.6 is 23.5 Å². The molecular formula is C11H8N2O2S2. The van der Waals surface area contributed by atoms with Gasteiger partial charge in [0, 0.05) is 12.4 Å². The molecule has 0 aromatic carbocycles. The highest BCUT2D eigenvalue weighted by molar-refractivity contribution is 8.27. The zero-order chi connectivity index (χ0) is 12.3. The lowest BCUT2D eigenvalue weighted by atomic mass is 10.1. The van der Waals surface area contributed by atoms with Crippen molar-refractivity contribution in [2.45, 2.75) is 6.92 Å². The van der Waals surface area contributed by atoms with Crippen molar-refractivity contribution in [3.05, 3.63) is 44.9 Å². The van der Waals surface area contributed by atoms with Gasteiger partial charge in [0.25, 0.3) is 0 Å². The highest BCUT2D eigenvalue weighted by Crippen LogP contribution is 2.40. The molecule has 6 heteroatoms. The zero-order valence-electron chi connectivity index (χ0n) is 8.91. The van der Waals surface area contributed by atoms with E-state index in [1.54, 1.807) is 0 Å². The number of ketones is 2. The van der Waals surface area contributed by atoms with Gasteiger partial charge in [0.2, 0.25) is 5.78 Å². The lowest BCUT2D eigenvalue weighted by Gasteiger charge is -2.04. The van der Waals surface area contributed by atoms with Gasteiger partial charge in [-0.25, -0.2) is 4.98 Å². The molecule has 1 aromatic heterocycles. The molecule has 0 unspecified atom stereocenters. The molecule has 0 aliphatic carbocycles. The van der Waals surface area contributed by atoms with Gasteiger partial charge in [0.1, 0.15) is 5.69 Å². The molecule has 0 saturated carbocycles. The van der Waals surface area contributed by atoms with Crippen LogP contribution in [0, 0.1) is 0 Å². The van der Waals surface area contributed by atoms with E-state index in [0.717, 1.165) is 0 Å². The van der Waals surface area contributed by atoms with Gasteiger partial charge in [-0.2, -0.15) is 0 Å². The Morgan fingerprint density at radius 3 is 2.41 bits per heavy atom. The molecule has 4 nitrogen and oxygen atoms in total. The van der Waals surface area contributed by atoms with Crippen molar-refractivity contribution >= 4 is 35.1 Å². The van der Waals surface area contributed by atoms with Crippen molar-refractivity contribution in [3.8, 4) is 0 Å². The lowest BCUT2D eigenvalue weighted by molar-refractivity contribution is -0.113. The van der Waals surface area contributed by atoms with Gasteiger partial charge in [-0.1, -0.05) is 23.5 Å². The van der Waals surface area contributed by atoms with Crippen LogP contribution in [0.1, 0.15) is 17.4 Å². The van der Waals surface area contributed by atoms with E-state index < -0.39 is 0 Å². The predicted molar refractivity (Wildman–Crippen MR) is 68.4 cm³/mol. The maximum absolute atomic E-state index is 12.1. The molecule has 2 rings (SSSR count). The van der Waals surface area contributed by atoms with Crippen LogP contribution in [0.4, 0.5) is 0 Å². The SMILES string of the molecule is CC(=O)C(C(=O)c1cnccn1)=C1SC=CS1. The monoisotopic (exact) mass is 264 g/mol. The standard InChI is InChI=1S/C11H8N2O2S2/c1-7(14)9(11-16-4-5-17-11)10(15)8-6-12-2-3-13-8/h2-6H,1H3. The molecule has 0 atom stereocenters. The third-order valence-electron chi connectivity index (χ3n) is 1.98. The Morgan fingerprint density at radius 1 is 1.18 bits per heavy atom. The Morgan fingerprint density at radius 2 is 1.88 bits per heavy atom. The van der Waals surface area contributed by atoms with Crippen molar-refractivity contribution in [2.24, 2.45) is 0 Å². The Balaban J connectivity index is 2.39. The molecule has 86 valence electrons. The normalized spacial score (nSPS) is 13.8. The average Bonchev–Trinajstić information content (AvgIpc) is 2.83. The maximum Gasteiger partial charge on any atom is 0.218 e. The zero-order valence-corrected chi connectivity index (χ0v) is 10.5. The number of carbonyl (C=O) groups is 2. The highest BCUT2D eigenvalue weighted by atomic mass is 32.2. The summed E-state index contributed by atoms with van der Waals surface area (Å²) in [5.41, 5.74) is 0.379. The first-order valence-electron chi connectivity index (χ1n) is 4.74. The van der Waals surface area contributed by atoms with E-state index in [4.69, 9.17) is 0 Å². The third-order valence-corrected chi connectivity index (χ3v) is 4.12. The first-order chi connectivity index (χ1) is 8.20. The first kappa shape index (κ1) is 12.1. The van der Waals surface area contributed by atoms with E-state index in [1.165, 1.54) is 49.0 Å². The fraction of sp³-hybridized carbons (Fsp3) is 0.0909. The molecule has 0 saturated heterocycles. The number of thioether (sulfide) groups is 2. The molecule has 0 amide bonds. The smallest absolute Gasteiger partial charge is 0.218 e. The van der Waals surface area contributed by atoms with Gasteiger partial charge in [-0.3, -0.25) is 14.6 Å². The quantitative estimate of drug-likeness (QED) is 0.361. The second-order valence-corrected chi connectivity index (χ2v) is 5.24. The third kappa shape index (κ3) is 2.65. The van der Waals surface area contributed by atoms with E-state index in [1.807, 2.05) is 10.8 Å². The lowest BCUT2D eigenvalue weighted by Crippen LogP contribution is -2.13. The number of hydrogen-bond acceptors (Lipinski definition) is 6. The van der Waals surface area contributed by atoms with Crippen LogP contribution in [0.25, 0.3) is 0 Å². The minimum absolute atomic E-state index is 0.186. The summed E-state index contributed by atoms with van der Waals surface area (Å²) in [5, 5.41) is 3.68. The molecule has 0 N–H and O–H groups in total. The van der Waals surface area contributed by atoms with E-state index in [9.17, 15) is 9.59 Å². The number of carbonyl (C=O) groups excluding carboxylic acids is 2. The summed E-state index contributed by atoms with van der Waals surface area (Å²) >= 11 is 2.75. The Kier molecular flexibility index (Phi) is 3.75. The fourth-order valence-corrected chi connectivity index (χ4v) is 3.22. The minimum atomic E-state index is -0.371. The van der Waals surface area contributed by atoms with E-state index >= 15 is 0 Å². The van der Waals surface area contributed by atoms with Crippen molar-refractivity contribution in [1.29, 1.82) is 0 Å². The topological polar surface area (TPSA) is 59.9 Å². The number of nitrogens with zero attached hydrogens (tertiary/aromatic N) is 2. The minimum Gasteiger partial charge on any atom is -0.294 e. The Bertz CT molecular complexity index is 514. The molecule has 1 aromatic rings. The van der Waals surface area contributed by atoms with Crippen LogP contribution in [0.2, 0.25) is 0 Å². The van der Waals surface area contributed by atoms with E-state index in [0.29, 0.717) is 4.24 Å². The van der Waals surface area contributed by atoms with Crippen molar-refractivity contribution in [1.82, 2.24) is 9.97 Å². The largest absolute Gasteiger partial charge is 0.294 e. The number of rotatable bonds is 3. The number of hydrogen-bond donors (Lipinski definition) is 0. The molecule has 0 bridgehead atoms. The van der Waals surface area contributed by atoms with E-state index in [2.05, 4.69) is 9.97 Å². The second-order valence-electron chi connectivity index (χ2n) is 3.15. The van der Waals surface area contributed by atoms with Gasteiger partial charge in [0.15, 0.2) is 5.78 Å². The Hall–Kier alpha value is -1.40. The van der Waals surface area contributed by atoms with Gasteiger partial charge < -0.3 is 0 Å². The summed E-state index contributed by atoms with van der Waals surface area (Å²) in [6.07, 6.45) is 4.28. The number of aromatic nitrogens is 2. The number of Topliss-reactive ketones (excluding diaryl/α,β-unsaturated/α-hetero) is 2. The predicted octanol–water partition coefficient (Wildman–Crippen LogP) is 2.41. The average molecular weight is 264 g/mol. The molecular weight excluding hydrogens is 256 g/mol. The summed E-state index contributed by atoms with van der Waals surface area (Å²) < 4.78 is 0.702. The molecule has 2 heterocycles. The molecule has 0 spiro atoms. The van der Waals surface area contributed by atoms with Gasteiger partial charge in [-0.05, 0) is 17.7 Å². The maximum atomic E-state index is 12.1. The number of allylic oxidation sites excluding steroid dienone is 1. The fourth-order valence-electron chi connectivity index (χ4n) is 1.27. The second kappa shape index (κ2) is 5.29. The van der Waals surface area contributed by atoms with E-state index in [-0.39, 0.29) is 22.8 Å². The van der Waals surface area contributed by atoms with Crippen LogP contribution in [0.3, 0.4) is 0 Å². The summed E-state index contributed by atoms with van der Waals surface area (Å²) in [5.74, 6) is -0.622. The molecule has 0 fully saturated rings. The van der Waals surface area contributed by atoms with Gasteiger partial charge in [0.05, 0.1) is 16.0 Å².